The number of carbonyl (C=O) groups excluding carboxylic acids is 1. The van der Waals surface area contributed by atoms with Crippen LogP contribution in [-0.2, 0) is 22.1 Å². The number of rotatable bonds is 5. The lowest BCUT2D eigenvalue weighted by Crippen LogP contribution is -2.25. The van der Waals surface area contributed by atoms with E-state index in [0.717, 1.165) is 35.7 Å². The van der Waals surface area contributed by atoms with Crippen molar-refractivity contribution in [2.75, 3.05) is 5.32 Å². The minimum atomic E-state index is -4.65. The number of hydrogen-bond donors (Lipinski definition) is 1. The van der Waals surface area contributed by atoms with Crippen LogP contribution in [0, 0.1) is 5.41 Å². The second kappa shape index (κ2) is 8.03. The highest BCUT2D eigenvalue weighted by Crippen LogP contribution is 2.45. The molecule has 0 bridgehead atoms. The van der Waals surface area contributed by atoms with Gasteiger partial charge in [-0.05, 0) is 49.0 Å². The molecule has 1 aliphatic rings. The third-order valence-corrected chi connectivity index (χ3v) is 6.58. The van der Waals surface area contributed by atoms with Crippen molar-refractivity contribution in [3.8, 4) is 5.82 Å². The Morgan fingerprint density at radius 2 is 1.97 bits per heavy atom. The lowest BCUT2D eigenvalue weighted by molar-refractivity contribution is -0.137. The van der Waals surface area contributed by atoms with Gasteiger partial charge in [0, 0.05) is 21.6 Å². The van der Waals surface area contributed by atoms with Crippen LogP contribution in [0.2, 0.25) is 0 Å². The van der Waals surface area contributed by atoms with E-state index in [-0.39, 0.29) is 33.7 Å². The summed E-state index contributed by atoms with van der Waals surface area (Å²) in [7, 11) is 0. The monoisotopic (exact) mass is 479 g/mol. The van der Waals surface area contributed by atoms with Crippen molar-refractivity contribution in [3.63, 3.8) is 0 Å². The quantitative estimate of drug-likeness (QED) is 0.560. The minimum Gasteiger partial charge on any atom is -0.772 e. The smallest absolute Gasteiger partial charge is 0.416 e. The van der Waals surface area contributed by atoms with Crippen LogP contribution >= 0.6 is 0 Å². The largest absolute Gasteiger partial charge is 0.772 e. The van der Waals surface area contributed by atoms with Crippen LogP contribution in [0.3, 0.4) is 0 Å². The van der Waals surface area contributed by atoms with E-state index in [1.54, 1.807) is 6.92 Å². The van der Waals surface area contributed by atoms with E-state index < -0.39 is 39.0 Å². The van der Waals surface area contributed by atoms with Crippen LogP contribution in [0.15, 0.2) is 41.5 Å². The Morgan fingerprint density at radius 1 is 1.27 bits per heavy atom. The maximum atomic E-state index is 13.1. The molecule has 8 nitrogen and oxygen atoms in total. The van der Waals surface area contributed by atoms with E-state index >= 15 is 0 Å². The Bertz CT molecular complexity index is 1350. The molecule has 12 heteroatoms. The topological polar surface area (TPSA) is 117 Å². The Balaban J connectivity index is 1.84. The van der Waals surface area contributed by atoms with Gasteiger partial charge in [0.2, 0.25) is 5.91 Å². The second-order valence-electron chi connectivity index (χ2n) is 8.22. The summed E-state index contributed by atoms with van der Waals surface area (Å²) in [6.45, 7) is 3.15. The Hall–Kier alpha value is -3.12. The highest BCUT2D eigenvalue weighted by Gasteiger charge is 2.45. The van der Waals surface area contributed by atoms with E-state index in [0.29, 0.717) is 0 Å². The van der Waals surface area contributed by atoms with Crippen LogP contribution in [0.5, 0.6) is 0 Å². The van der Waals surface area contributed by atoms with Gasteiger partial charge in [-0.2, -0.15) is 23.0 Å². The van der Waals surface area contributed by atoms with Gasteiger partial charge in [-0.3, -0.25) is 13.8 Å². The summed E-state index contributed by atoms with van der Waals surface area (Å²) < 4.78 is 63.5. The fourth-order valence-corrected chi connectivity index (χ4v) is 3.67. The molecule has 1 aliphatic carbocycles. The third-order valence-electron chi connectivity index (χ3n) is 5.74. The van der Waals surface area contributed by atoms with Gasteiger partial charge < -0.3 is 9.87 Å². The first-order valence-electron chi connectivity index (χ1n) is 9.90. The number of carbonyl (C=O) groups is 1. The van der Waals surface area contributed by atoms with Crippen LogP contribution in [0.1, 0.15) is 43.1 Å². The number of anilines is 1. The molecule has 2 heterocycles. The average molecular weight is 479 g/mol. The summed E-state index contributed by atoms with van der Waals surface area (Å²) in [4.78, 5) is 29.5. The normalized spacial score (nSPS) is 16.9. The minimum absolute atomic E-state index is 0.0583. The van der Waals surface area contributed by atoms with E-state index in [1.807, 2.05) is 0 Å². The summed E-state index contributed by atoms with van der Waals surface area (Å²) in [6, 6.07) is 4.07. The predicted octanol–water partition coefficient (Wildman–Crippen LogP) is 3.48. The van der Waals surface area contributed by atoms with Gasteiger partial charge in [-0.15, -0.1) is 0 Å². The SMILES string of the molecule is CC(c1cc(NC(=O)C2(C)CC2)cnc1-n1ncc2ccc(C(F)(F)F)cc2c1=O)S(=O)[O-]. The predicted molar refractivity (Wildman–Crippen MR) is 113 cm³/mol. The lowest BCUT2D eigenvalue weighted by atomic mass is 10.1. The molecule has 4 rings (SSSR count). The van der Waals surface area contributed by atoms with Crippen molar-refractivity contribution in [1.29, 1.82) is 0 Å². The van der Waals surface area contributed by atoms with Crippen LogP contribution in [0.4, 0.5) is 18.9 Å². The molecule has 3 aromatic rings. The molecule has 0 saturated heterocycles. The summed E-state index contributed by atoms with van der Waals surface area (Å²) >= 11 is -2.61. The Labute approximate surface area is 188 Å². The zero-order valence-corrected chi connectivity index (χ0v) is 18.3. The highest BCUT2D eigenvalue weighted by molar-refractivity contribution is 7.79. The van der Waals surface area contributed by atoms with Gasteiger partial charge in [-0.1, -0.05) is 13.0 Å². The molecule has 1 amide bonds. The summed E-state index contributed by atoms with van der Waals surface area (Å²) in [5.74, 6) is -0.397. The summed E-state index contributed by atoms with van der Waals surface area (Å²) in [6.07, 6.45) is -0.745. The second-order valence-corrected chi connectivity index (χ2v) is 9.44. The maximum absolute atomic E-state index is 13.1. The van der Waals surface area contributed by atoms with Gasteiger partial charge in [0.05, 0.1) is 29.0 Å². The first kappa shape index (κ1) is 23.1. The van der Waals surface area contributed by atoms with Gasteiger partial charge in [-0.25, -0.2) is 4.98 Å². The number of nitrogens with zero attached hydrogens (tertiary/aromatic N) is 3. The number of pyridine rings is 1. The molecule has 0 aliphatic heterocycles. The van der Waals surface area contributed by atoms with Crippen LogP contribution in [-0.4, -0.2) is 29.4 Å². The first-order chi connectivity index (χ1) is 15.4. The Kier molecular flexibility index (Phi) is 5.61. The first-order valence-corrected chi connectivity index (χ1v) is 11.0. The molecule has 2 atom stereocenters. The van der Waals surface area contributed by atoms with Crippen LogP contribution in [0.25, 0.3) is 16.6 Å². The number of benzene rings is 1. The maximum Gasteiger partial charge on any atom is 0.416 e. The van der Waals surface area contributed by atoms with E-state index in [2.05, 4.69) is 15.4 Å². The van der Waals surface area contributed by atoms with Crippen molar-refractivity contribution in [2.45, 2.75) is 38.1 Å². The molecular weight excluding hydrogens is 461 g/mol. The zero-order chi connectivity index (χ0) is 24.1. The van der Waals surface area contributed by atoms with Crippen molar-refractivity contribution < 1.29 is 26.7 Å². The fourth-order valence-electron chi connectivity index (χ4n) is 3.29. The van der Waals surface area contributed by atoms with Crippen molar-refractivity contribution in [3.05, 3.63) is 58.1 Å². The Morgan fingerprint density at radius 3 is 2.58 bits per heavy atom. The van der Waals surface area contributed by atoms with Crippen LogP contribution < -0.4 is 10.9 Å². The van der Waals surface area contributed by atoms with Gasteiger partial charge in [0.1, 0.15) is 0 Å². The molecule has 1 fully saturated rings. The highest BCUT2D eigenvalue weighted by atomic mass is 32.2. The molecule has 2 aromatic heterocycles. The number of amides is 1. The molecule has 1 saturated carbocycles. The lowest BCUT2D eigenvalue weighted by Gasteiger charge is -2.20. The van der Waals surface area contributed by atoms with Gasteiger partial charge in [0.15, 0.2) is 5.82 Å². The number of fused-ring (bicyclic) bond motifs is 1. The molecule has 2 unspecified atom stereocenters. The standard InChI is InChI=1S/C21H19F3N4O4S/c1-11(33(31)32)15-8-14(27-19(30)20(2)5-6-20)10-25-17(15)28-18(29)16-7-13(21(22,23)24)4-3-12(16)9-26-28/h3-4,7-11H,5-6H2,1-2H3,(H,27,30)(H,31,32)/p-1. The molecule has 33 heavy (non-hydrogen) atoms. The number of nitrogens with one attached hydrogen (secondary N) is 1. The molecule has 0 spiro atoms. The van der Waals surface area contributed by atoms with Crippen molar-refractivity contribution in [2.24, 2.45) is 5.41 Å². The van der Waals surface area contributed by atoms with Gasteiger partial charge in [0.25, 0.3) is 5.56 Å². The van der Waals surface area contributed by atoms with E-state index in [1.165, 1.54) is 25.4 Å². The molecule has 1 aromatic carbocycles. The summed E-state index contributed by atoms with van der Waals surface area (Å²) in [5.41, 5.74) is -2.09. The van der Waals surface area contributed by atoms with E-state index in [9.17, 15) is 31.5 Å². The number of halogens is 3. The molecule has 174 valence electrons. The fraction of sp³-hybridized carbons (Fsp3) is 0.333. The van der Waals surface area contributed by atoms with Crippen molar-refractivity contribution in [1.82, 2.24) is 14.8 Å². The number of aromatic nitrogens is 3. The summed E-state index contributed by atoms with van der Waals surface area (Å²) in [5, 5.41) is 5.47. The molecular formula is C21H18F3N4O4S-. The molecule has 0 radical (unpaired) electrons. The zero-order valence-electron chi connectivity index (χ0n) is 17.5. The third kappa shape index (κ3) is 4.40. The van der Waals surface area contributed by atoms with Crippen molar-refractivity contribution >= 4 is 33.4 Å². The molecule has 1 N–H and O–H groups in total. The van der Waals surface area contributed by atoms with Gasteiger partial charge >= 0.3 is 6.18 Å². The number of hydrogen-bond acceptors (Lipinski definition) is 6. The number of alkyl halides is 3. The average Bonchev–Trinajstić information content (AvgIpc) is 3.51. The van der Waals surface area contributed by atoms with E-state index in [4.69, 9.17) is 0 Å².